The molecule has 1 atom stereocenters. The van der Waals surface area contributed by atoms with E-state index in [9.17, 15) is 17.6 Å². The number of anilines is 1. The number of nitrogens with two attached hydrogens (primary N) is 1. The van der Waals surface area contributed by atoms with E-state index in [-0.39, 0.29) is 5.82 Å². The second-order valence-electron chi connectivity index (χ2n) is 10.3. The van der Waals surface area contributed by atoms with Crippen molar-refractivity contribution >= 4 is 33.3 Å². The van der Waals surface area contributed by atoms with Gasteiger partial charge < -0.3 is 15.8 Å². The first-order valence-corrected chi connectivity index (χ1v) is 14.3. The molecule has 1 aliphatic carbocycles. The number of fused-ring (bicyclic) bond motifs is 2. The van der Waals surface area contributed by atoms with Crippen LogP contribution in [-0.4, -0.2) is 93.8 Å². The standard InChI is InChI=1S/C25H35FN6S.C2HF3O2/c1-2-8-32(19-6-7-21-23(15-19)33-25(27)29-21)14-13-30-9-11-31(12-10-30)17-18-16-28-22-5-3-4-20(26)24(18)22;3-2(4,5)1(6)7/h3-5,16,19,28H,2,6-15,17H2,1H3,(H2,27,29);(H,6,7). The molecular weight excluding hydrogens is 548 g/mol. The smallest absolute Gasteiger partial charge is 0.475 e. The zero-order valence-corrected chi connectivity index (χ0v) is 23.3. The molecule has 3 aromatic rings. The molecule has 0 radical (unpaired) electrons. The van der Waals surface area contributed by atoms with Crippen LogP contribution in [0, 0.1) is 5.82 Å². The largest absolute Gasteiger partial charge is 0.490 e. The Balaban J connectivity index is 0.000000470. The lowest BCUT2D eigenvalue weighted by Crippen LogP contribution is -2.49. The summed E-state index contributed by atoms with van der Waals surface area (Å²) in [6, 6.07) is 5.86. The number of aromatic amines is 1. The lowest BCUT2D eigenvalue weighted by Gasteiger charge is -2.38. The van der Waals surface area contributed by atoms with Crippen LogP contribution in [0.2, 0.25) is 0 Å². The zero-order chi connectivity index (χ0) is 28.9. The highest BCUT2D eigenvalue weighted by Gasteiger charge is 2.38. The van der Waals surface area contributed by atoms with Gasteiger partial charge in [-0.05, 0) is 49.9 Å². The van der Waals surface area contributed by atoms with Crippen molar-refractivity contribution in [2.75, 3.05) is 51.5 Å². The number of alkyl halides is 3. The van der Waals surface area contributed by atoms with Crippen LogP contribution in [0.25, 0.3) is 10.9 Å². The van der Waals surface area contributed by atoms with Gasteiger partial charge in [0.25, 0.3) is 0 Å². The highest BCUT2D eigenvalue weighted by atomic mass is 32.1. The molecule has 5 rings (SSSR count). The zero-order valence-electron chi connectivity index (χ0n) is 22.5. The van der Waals surface area contributed by atoms with E-state index in [4.69, 9.17) is 15.6 Å². The quantitative estimate of drug-likeness (QED) is 0.338. The van der Waals surface area contributed by atoms with Crippen LogP contribution in [0.4, 0.5) is 22.7 Å². The molecule has 220 valence electrons. The minimum atomic E-state index is -5.08. The molecule has 1 aliphatic heterocycles. The van der Waals surface area contributed by atoms with Gasteiger partial charge in [0, 0.05) is 73.8 Å². The fourth-order valence-electron chi connectivity index (χ4n) is 5.47. The molecule has 4 N–H and O–H groups in total. The van der Waals surface area contributed by atoms with Crippen molar-refractivity contribution in [3.63, 3.8) is 0 Å². The van der Waals surface area contributed by atoms with Crippen LogP contribution < -0.4 is 5.73 Å². The molecule has 1 saturated heterocycles. The van der Waals surface area contributed by atoms with Crippen molar-refractivity contribution in [3.05, 3.63) is 46.3 Å². The Hall–Kier alpha value is -2.74. The molecule has 2 aliphatic rings. The fourth-order valence-corrected chi connectivity index (χ4v) is 6.42. The SMILES string of the molecule is CCCN(CCN1CCN(Cc2c[nH]c3cccc(F)c23)CC1)C1CCc2nc(N)sc2C1.O=C(O)C(F)(F)F. The first kappa shape index (κ1) is 30.2. The Morgan fingerprint density at radius 2 is 1.93 bits per heavy atom. The number of halogens is 4. The molecule has 13 heteroatoms. The van der Waals surface area contributed by atoms with Gasteiger partial charge in [-0.15, -0.1) is 11.3 Å². The summed E-state index contributed by atoms with van der Waals surface area (Å²) in [7, 11) is 0. The number of H-pyrrole nitrogens is 1. The predicted octanol–water partition coefficient (Wildman–Crippen LogP) is 4.37. The average Bonchev–Trinajstić information content (AvgIpc) is 3.49. The van der Waals surface area contributed by atoms with Crippen molar-refractivity contribution in [1.82, 2.24) is 24.7 Å². The highest BCUT2D eigenvalue weighted by molar-refractivity contribution is 7.15. The Morgan fingerprint density at radius 1 is 1.23 bits per heavy atom. The number of benzene rings is 1. The van der Waals surface area contributed by atoms with E-state index in [1.807, 2.05) is 12.3 Å². The number of nitrogens with one attached hydrogen (secondary N) is 1. The van der Waals surface area contributed by atoms with Crippen molar-refractivity contribution in [1.29, 1.82) is 0 Å². The van der Waals surface area contributed by atoms with Gasteiger partial charge in [-0.1, -0.05) is 13.0 Å². The summed E-state index contributed by atoms with van der Waals surface area (Å²) in [4.78, 5) is 25.8. The van der Waals surface area contributed by atoms with Crippen LogP contribution in [0.15, 0.2) is 24.4 Å². The maximum Gasteiger partial charge on any atom is 0.490 e. The lowest BCUT2D eigenvalue weighted by molar-refractivity contribution is -0.192. The van der Waals surface area contributed by atoms with Gasteiger partial charge >= 0.3 is 12.1 Å². The highest BCUT2D eigenvalue weighted by Crippen LogP contribution is 2.30. The monoisotopic (exact) mass is 584 g/mol. The van der Waals surface area contributed by atoms with E-state index in [0.717, 1.165) is 86.8 Å². The van der Waals surface area contributed by atoms with E-state index >= 15 is 0 Å². The summed E-state index contributed by atoms with van der Waals surface area (Å²) in [5.74, 6) is -2.89. The number of carboxylic acids is 1. The molecule has 1 unspecified atom stereocenters. The predicted molar refractivity (Wildman–Crippen MR) is 148 cm³/mol. The number of hydrogen-bond donors (Lipinski definition) is 3. The van der Waals surface area contributed by atoms with E-state index in [0.29, 0.717) is 6.04 Å². The minimum absolute atomic E-state index is 0.130. The third-order valence-electron chi connectivity index (χ3n) is 7.50. The number of piperazine rings is 1. The number of carboxylic acid groups (broad SMARTS) is 1. The van der Waals surface area contributed by atoms with Crippen molar-refractivity contribution in [3.8, 4) is 0 Å². The molecule has 0 bridgehead atoms. The Kier molecular flexibility index (Phi) is 10.0. The maximum absolute atomic E-state index is 14.3. The Labute approximate surface area is 234 Å². The van der Waals surface area contributed by atoms with E-state index in [2.05, 4.69) is 31.6 Å². The summed E-state index contributed by atoms with van der Waals surface area (Å²) in [5.41, 5.74) is 9.12. The summed E-state index contributed by atoms with van der Waals surface area (Å²) >= 11 is 1.68. The number of aromatic nitrogens is 2. The second-order valence-corrected chi connectivity index (χ2v) is 11.4. The molecule has 1 fully saturated rings. The van der Waals surface area contributed by atoms with Gasteiger partial charge in [0.2, 0.25) is 0 Å². The van der Waals surface area contributed by atoms with Crippen LogP contribution in [0.1, 0.15) is 35.9 Å². The molecule has 0 saturated carbocycles. The number of carbonyl (C=O) groups is 1. The minimum Gasteiger partial charge on any atom is -0.475 e. The first-order valence-electron chi connectivity index (χ1n) is 13.5. The van der Waals surface area contributed by atoms with Gasteiger partial charge in [-0.25, -0.2) is 14.2 Å². The van der Waals surface area contributed by atoms with E-state index in [1.165, 1.54) is 23.4 Å². The number of aliphatic carboxylic acids is 1. The van der Waals surface area contributed by atoms with Crippen molar-refractivity contribution in [2.24, 2.45) is 0 Å². The second kappa shape index (κ2) is 13.3. The molecular formula is C27H36F4N6O2S. The molecule has 1 aromatic carbocycles. The third-order valence-corrected chi connectivity index (χ3v) is 8.45. The lowest BCUT2D eigenvalue weighted by atomic mass is 9.96. The van der Waals surface area contributed by atoms with E-state index in [1.54, 1.807) is 23.5 Å². The molecule has 0 spiro atoms. The Bertz CT molecular complexity index is 1270. The number of nitrogen functional groups attached to an aromatic ring is 1. The molecule has 3 heterocycles. The van der Waals surface area contributed by atoms with E-state index < -0.39 is 12.1 Å². The third kappa shape index (κ3) is 7.71. The van der Waals surface area contributed by atoms with Gasteiger partial charge in [0.05, 0.1) is 5.69 Å². The molecule has 2 aromatic heterocycles. The summed E-state index contributed by atoms with van der Waals surface area (Å²) in [6.45, 7) is 10.7. The van der Waals surface area contributed by atoms with Crippen LogP contribution >= 0.6 is 11.3 Å². The van der Waals surface area contributed by atoms with Gasteiger partial charge in [-0.2, -0.15) is 13.2 Å². The fraction of sp³-hybridized carbons (Fsp3) is 0.556. The number of nitrogens with zero attached hydrogens (tertiary/aromatic N) is 4. The number of rotatable bonds is 8. The number of aryl methyl sites for hydroxylation is 1. The van der Waals surface area contributed by atoms with Crippen LogP contribution in [0.3, 0.4) is 0 Å². The molecule has 8 nitrogen and oxygen atoms in total. The van der Waals surface area contributed by atoms with Gasteiger partial charge in [-0.3, -0.25) is 14.7 Å². The van der Waals surface area contributed by atoms with Crippen LogP contribution in [-0.2, 0) is 24.2 Å². The summed E-state index contributed by atoms with van der Waals surface area (Å²) < 4.78 is 46.0. The summed E-state index contributed by atoms with van der Waals surface area (Å²) in [5, 5.41) is 8.59. The van der Waals surface area contributed by atoms with Crippen molar-refractivity contribution < 1.29 is 27.5 Å². The van der Waals surface area contributed by atoms with Crippen molar-refractivity contribution in [2.45, 2.75) is 51.4 Å². The van der Waals surface area contributed by atoms with Crippen LogP contribution in [0.5, 0.6) is 0 Å². The van der Waals surface area contributed by atoms with Gasteiger partial charge in [0.1, 0.15) is 5.82 Å². The maximum atomic E-state index is 14.3. The Morgan fingerprint density at radius 3 is 2.60 bits per heavy atom. The molecule has 0 amide bonds. The molecule has 40 heavy (non-hydrogen) atoms. The normalized spacial score (nSPS) is 18.5. The first-order chi connectivity index (χ1) is 19.0. The van der Waals surface area contributed by atoms with Gasteiger partial charge in [0.15, 0.2) is 5.13 Å². The number of hydrogen-bond acceptors (Lipinski definition) is 7. The average molecular weight is 585 g/mol. The topological polar surface area (TPSA) is 102 Å². The number of thiazole rings is 1. The summed E-state index contributed by atoms with van der Waals surface area (Å²) in [6.07, 6.45) is 1.41.